The molecule has 0 amide bonds. The molecule has 0 saturated carbocycles. The number of ether oxygens (including phenoxy) is 1. The number of rotatable bonds is 3. The first-order valence-electron chi connectivity index (χ1n) is 4.83. The molecule has 1 atom stereocenters. The van der Waals surface area contributed by atoms with Crippen LogP contribution in [0.4, 0.5) is 4.39 Å². The SMILES string of the molecule is COc1ccc([C@H](N)c2ccsc2)c(F)c1. The molecule has 0 aliphatic carbocycles. The molecule has 2 N–H and O–H groups in total. The quantitative estimate of drug-likeness (QED) is 0.890. The summed E-state index contributed by atoms with van der Waals surface area (Å²) < 4.78 is 18.7. The van der Waals surface area contributed by atoms with Gasteiger partial charge in [-0.05, 0) is 28.5 Å². The summed E-state index contributed by atoms with van der Waals surface area (Å²) in [5.74, 6) is 0.164. The van der Waals surface area contributed by atoms with Crippen molar-refractivity contribution in [3.8, 4) is 5.75 Å². The van der Waals surface area contributed by atoms with E-state index in [1.54, 1.807) is 23.5 Å². The molecular formula is C12H12FNOS. The van der Waals surface area contributed by atoms with Crippen molar-refractivity contribution < 1.29 is 9.13 Å². The van der Waals surface area contributed by atoms with Gasteiger partial charge in [0, 0.05) is 11.6 Å². The molecule has 0 radical (unpaired) electrons. The minimum atomic E-state index is -0.419. The highest BCUT2D eigenvalue weighted by Crippen LogP contribution is 2.26. The highest BCUT2D eigenvalue weighted by atomic mass is 32.1. The van der Waals surface area contributed by atoms with Crippen molar-refractivity contribution in [1.82, 2.24) is 0 Å². The Labute approximate surface area is 97.5 Å². The van der Waals surface area contributed by atoms with E-state index in [0.717, 1.165) is 5.56 Å². The number of thiophene rings is 1. The lowest BCUT2D eigenvalue weighted by molar-refractivity contribution is 0.410. The normalized spacial score (nSPS) is 12.4. The molecule has 0 bridgehead atoms. The van der Waals surface area contributed by atoms with E-state index in [-0.39, 0.29) is 5.82 Å². The van der Waals surface area contributed by atoms with Crippen molar-refractivity contribution in [3.63, 3.8) is 0 Å². The fraction of sp³-hybridized carbons (Fsp3) is 0.167. The maximum atomic E-state index is 13.7. The summed E-state index contributed by atoms with van der Waals surface area (Å²) in [6.45, 7) is 0. The molecule has 0 aliphatic heterocycles. The predicted octanol–water partition coefficient (Wildman–Crippen LogP) is 2.94. The third kappa shape index (κ3) is 2.08. The maximum Gasteiger partial charge on any atom is 0.132 e. The zero-order chi connectivity index (χ0) is 11.5. The molecule has 0 saturated heterocycles. The largest absolute Gasteiger partial charge is 0.497 e. The summed E-state index contributed by atoms with van der Waals surface area (Å²) in [6.07, 6.45) is 0. The third-order valence-electron chi connectivity index (χ3n) is 2.44. The van der Waals surface area contributed by atoms with Crippen LogP contribution in [-0.2, 0) is 0 Å². The average Bonchev–Trinajstić information content (AvgIpc) is 2.81. The van der Waals surface area contributed by atoms with Crippen LogP contribution in [-0.4, -0.2) is 7.11 Å². The summed E-state index contributed by atoms with van der Waals surface area (Å²) in [7, 11) is 1.51. The summed E-state index contributed by atoms with van der Waals surface area (Å²) in [6, 6.07) is 6.21. The maximum absolute atomic E-state index is 13.7. The van der Waals surface area contributed by atoms with Crippen LogP contribution in [0.3, 0.4) is 0 Å². The zero-order valence-electron chi connectivity index (χ0n) is 8.81. The van der Waals surface area contributed by atoms with Gasteiger partial charge in [-0.1, -0.05) is 6.07 Å². The van der Waals surface area contributed by atoms with Crippen LogP contribution in [0.1, 0.15) is 17.2 Å². The van der Waals surface area contributed by atoms with Crippen molar-refractivity contribution in [2.24, 2.45) is 5.73 Å². The molecule has 84 valence electrons. The fourth-order valence-electron chi connectivity index (χ4n) is 1.52. The van der Waals surface area contributed by atoms with Crippen molar-refractivity contribution in [2.45, 2.75) is 6.04 Å². The second-order valence-corrected chi connectivity index (χ2v) is 4.20. The number of benzene rings is 1. The van der Waals surface area contributed by atoms with Crippen molar-refractivity contribution in [2.75, 3.05) is 7.11 Å². The van der Waals surface area contributed by atoms with Gasteiger partial charge in [0.1, 0.15) is 11.6 Å². The molecule has 2 aromatic rings. The molecule has 16 heavy (non-hydrogen) atoms. The van der Waals surface area contributed by atoms with Crippen LogP contribution < -0.4 is 10.5 Å². The van der Waals surface area contributed by atoms with Gasteiger partial charge < -0.3 is 10.5 Å². The van der Waals surface area contributed by atoms with E-state index in [1.807, 2.05) is 16.8 Å². The molecule has 1 heterocycles. The number of hydrogen-bond donors (Lipinski definition) is 1. The first kappa shape index (κ1) is 11.1. The molecular weight excluding hydrogens is 225 g/mol. The van der Waals surface area contributed by atoms with E-state index in [2.05, 4.69) is 0 Å². The molecule has 4 heteroatoms. The Morgan fingerprint density at radius 2 is 2.19 bits per heavy atom. The second kappa shape index (κ2) is 4.63. The van der Waals surface area contributed by atoms with Crippen molar-refractivity contribution in [1.29, 1.82) is 0 Å². The van der Waals surface area contributed by atoms with Crippen LogP contribution >= 0.6 is 11.3 Å². The Hall–Kier alpha value is -1.39. The number of hydrogen-bond acceptors (Lipinski definition) is 3. The molecule has 0 aliphatic rings. The first-order valence-corrected chi connectivity index (χ1v) is 5.77. The monoisotopic (exact) mass is 237 g/mol. The van der Waals surface area contributed by atoms with E-state index < -0.39 is 6.04 Å². The van der Waals surface area contributed by atoms with Crippen LogP contribution in [0.15, 0.2) is 35.0 Å². The molecule has 0 spiro atoms. The third-order valence-corrected chi connectivity index (χ3v) is 3.15. The van der Waals surface area contributed by atoms with Crippen LogP contribution in [0.5, 0.6) is 5.75 Å². The molecule has 0 fully saturated rings. The molecule has 2 rings (SSSR count). The van der Waals surface area contributed by atoms with Crippen molar-refractivity contribution in [3.05, 3.63) is 52.0 Å². The van der Waals surface area contributed by atoms with E-state index in [1.165, 1.54) is 13.2 Å². The zero-order valence-corrected chi connectivity index (χ0v) is 9.63. The average molecular weight is 237 g/mol. The lowest BCUT2D eigenvalue weighted by Gasteiger charge is -2.12. The van der Waals surface area contributed by atoms with Gasteiger partial charge >= 0.3 is 0 Å². The summed E-state index contributed by atoms with van der Waals surface area (Å²) in [4.78, 5) is 0. The van der Waals surface area contributed by atoms with Gasteiger partial charge in [0.2, 0.25) is 0 Å². The highest BCUT2D eigenvalue weighted by Gasteiger charge is 2.14. The minimum absolute atomic E-state index is 0.335. The van der Waals surface area contributed by atoms with Crippen LogP contribution in [0.2, 0.25) is 0 Å². The standard InChI is InChI=1S/C12H12FNOS/c1-15-9-2-3-10(11(13)6-9)12(14)8-4-5-16-7-8/h2-7,12H,14H2,1H3/t12-/m1/s1. The van der Waals surface area contributed by atoms with E-state index >= 15 is 0 Å². The van der Waals surface area contributed by atoms with Crippen LogP contribution in [0, 0.1) is 5.82 Å². The number of halogens is 1. The van der Waals surface area contributed by atoms with Gasteiger partial charge in [-0.25, -0.2) is 4.39 Å². The van der Waals surface area contributed by atoms with E-state index in [9.17, 15) is 4.39 Å². The van der Waals surface area contributed by atoms with Crippen LogP contribution in [0.25, 0.3) is 0 Å². The number of nitrogens with two attached hydrogens (primary N) is 1. The molecule has 0 unspecified atom stereocenters. The summed E-state index contributed by atoms with van der Waals surface area (Å²) in [5, 5.41) is 3.85. The fourth-order valence-corrected chi connectivity index (χ4v) is 2.22. The van der Waals surface area contributed by atoms with E-state index in [4.69, 9.17) is 10.5 Å². The molecule has 2 nitrogen and oxygen atoms in total. The Balaban J connectivity index is 2.34. The van der Waals surface area contributed by atoms with E-state index in [0.29, 0.717) is 11.3 Å². The van der Waals surface area contributed by atoms with Gasteiger partial charge in [-0.2, -0.15) is 11.3 Å². The molecule has 1 aromatic carbocycles. The Bertz CT molecular complexity index is 470. The Morgan fingerprint density at radius 1 is 1.38 bits per heavy atom. The Kier molecular flexibility index (Phi) is 3.22. The Morgan fingerprint density at radius 3 is 2.75 bits per heavy atom. The lowest BCUT2D eigenvalue weighted by Crippen LogP contribution is -2.12. The topological polar surface area (TPSA) is 35.2 Å². The van der Waals surface area contributed by atoms with Gasteiger partial charge in [-0.15, -0.1) is 0 Å². The van der Waals surface area contributed by atoms with Gasteiger partial charge in [-0.3, -0.25) is 0 Å². The summed E-state index contributed by atoms with van der Waals surface area (Å²) in [5.41, 5.74) is 7.39. The predicted molar refractivity (Wildman–Crippen MR) is 63.3 cm³/mol. The number of methoxy groups -OCH3 is 1. The van der Waals surface area contributed by atoms with Gasteiger partial charge in [0.15, 0.2) is 0 Å². The van der Waals surface area contributed by atoms with Crippen molar-refractivity contribution >= 4 is 11.3 Å². The first-order chi connectivity index (χ1) is 7.72. The smallest absolute Gasteiger partial charge is 0.132 e. The minimum Gasteiger partial charge on any atom is -0.497 e. The molecule has 1 aromatic heterocycles. The lowest BCUT2D eigenvalue weighted by atomic mass is 10.0. The highest BCUT2D eigenvalue weighted by molar-refractivity contribution is 7.08. The summed E-state index contributed by atoms with van der Waals surface area (Å²) >= 11 is 1.55. The van der Waals surface area contributed by atoms with Gasteiger partial charge in [0.05, 0.1) is 13.2 Å². The second-order valence-electron chi connectivity index (χ2n) is 3.42. The van der Waals surface area contributed by atoms with Gasteiger partial charge in [0.25, 0.3) is 0 Å².